The number of aromatic nitrogens is 2. The first-order chi connectivity index (χ1) is 8.66. The highest BCUT2D eigenvalue weighted by molar-refractivity contribution is 7.71. The van der Waals surface area contributed by atoms with Gasteiger partial charge in [0, 0.05) is 15.8 Å². The number of fused-ring (bicyclic) bond motifs is 1. The Hall–Kier alpha value is -1.52. The Kier molecular flexibility index (Phi) is 2.76. The van der Waals surface area contributed by atoms with E-state index in [2.05, 4.69) is 23.8 Å². The third-order valence-corrected chi connectivity index (χ3v) is 4.49. The second-order valence-corrected chi connectivity index (χ2v) is 5.86. The van der Waals surface area contributed by atoms with Gasteiger partial charge in [-0.1, -0.05) is 42.5 Å². The molecular weight excluding hydrogens is 260 g/mol. The molecule has 1 aromatic carbocycles. The van der Waals surface area contributed by atoms with Gasteiger partial charge in [-0.25, -0.2) is 4.98 Å². The molecule has 0 aliphatic carbocycles. The van der Waals surface area contributed by atoms with Crippen LogP contribution in [0.4, 0.5) is 0 Å². The molecule has 90 valence electrons. The van der Waals surface area contributed by atoms with Crippen molar-refractivity contribution in [1.29, 1.82) is 0 Å². The molecule has 2 nitrogen and oxygen atoms in total. The molecule has 3 rings (SSSR count). The highest BCUT2D eigenvalue weighted by atomic mass is 32.1. The van der Waals surface area contributed by atoms with Crippen molar-refractivity contribution in [2.75, 3.05) is 0 Å². The largest absolute Gasteiger partial charge is 0.330 e. The van der Waals surface area contributed by atoms with Gasteiger partial charge in [-0.2, -0.15) is 0 Å². The minimum absolute atomic E-state index is 0.778. The molecule has 0 radical (unpaired) electrons. The SMILES string of the molecule is Cc1sc2nc(-c3ccccc3)[nH]c(=S)c2c1C. The van der Waals surface area contributed by atoms with Crippen LogP contribution in [0, 0.1) is 18.5 Å². The van der Waals surface area contributed by atoms with E-state index in [0.717, 1.165) is 26.2 Å². The van der Waals surface area contributed by atoms with Crippen LogP contribution >= 0.6 is 23.6 Å². The summed E-state index contributed by atoms with van der Waals surface area (Å²) in [6.45, 7) is 4.21. The summed E-state index contributed by atoms with van der Waals surface area (Å²) in [7, 11) is 0. The molecule has 0 aliphatic rings. The van der Waals surface area contributed by atoms with Crippen LogP contribution in [-0.2, 0) is 0 Å². The van der Waals surface area contributed by atoms with Gasteiger partial charge in [0.1, 0.15) is 15.3 Å². The first-order valence-corrected chi connectivity index (χ1v) is 6.95. The maximum absolute atomic E-state index is 5.45. The van der Waals surface area contributed by atoms with Crippen LogP contribution in [0.5, 0.6) is 0 Å². The van der Waals surface area contributed by atoms with Gasteiger partial charge in [0.15, 0.2) is 0 Å². The molecule has 0 saturated heterocycles. The molecule has 0 bridgehead atoms. The second kappa shape index (κ2) is 4.30. The number of aryl methyl sites for hydroxylation is 2. The van der Waals surface area contributed by atoms with Crippen molar-refractivity contribution < 1.29 is 0 Å². The number of benzene rings is 1. The first kappa shape index (κ1) is 11.6. The number of H-pyrrole nitrogens is 1. The molecule has 0 unspecified atom stereocenters. The fourth-order valence-corrected chi connectivity index (χ4v) is 3.44. The van der Waals surface area contributed by atoms with Crippen LogP contribution in [0.25, 0.3) is 21.6 Å². The van der Waals surface area contributed by atoms with Crippen LogP contribution in [0.2, 0.25) is 0 Å². The third-order valence-electron chi connectivity index (χ3n) is 3.09. The number of nitrogens with one attached hydrogen (secondary N) is 1. The molecular formula is C14H12N2S2. The monoisotopic (exact) mass is 272 g/mol. The summed E-state index contributed by atoms with van der Waals surface area (Å²) in [5.41, 5.74) is 2.30. The summed E-state index contributed by atoms with van der Waals surface area (Å²) in [6, 6.07) is 10.1. The lowest BCUT2D eigenvalue weighted by Gasteiger charge is -2.01. The van der Waals surface area contributed by atoms with E-state index >= 15 is 0 Å². The summed E-state index contributed by atoms with van der Waals surface area (Å²) in [5, 5.41) is 1.09. The van der Waals surface area contributed by atoms with Crippen molar-refractivity contribution in [1.82, 2.24) is 9.97 Å². The molecule has 0 aliphatic heterocycles. The number of hydrogen-bond acceptors (Lipinski definition) is 3. The Labute approximate surface area is 114 Å². The van der Waals surface area contributed by atoms with E-state index in [4.69, 9.17) is 12.2 Å². The van der Waals surface area contributed by atoms with Crippen LogP contribution < -0.4 is 0 Å². The van der Waals surface area contributed by atoms with Crippen molar-refractivity contribution in [3.05, 3.63) is 45.4 Å². The van der Waals surface area contributed by atoms with E-state index in [9.17, 15) is 0 Å². The predicted octanol–water partition coefficient (Wildman–Crippen LogP) is 4.64. The lowest BCUT2D eigenvalue weighted by Crippen LogP contribution is -1.89. The Bertz CT molecular complexity index is 770. The highest BCUT2D eigenvalue weighted by Gasteiger charge is 2.10. The standard InChI is InChI=1S/C14H12N2S2/c1-8-9(2)18-14-11(8)13(17)15-12(16-14)10-6-4-3-5-7-10/h3-7H,1-2H3,(H,15,16,17). The summed E-state index contributed by atoms with van der Waals surface area (Å²) >= 11 is 7.16. The smallest absolute Gasteiger partial charge is 0.140 e. The van der Waals surface area contributed by atoms with Gasteiger partial charge in [-0.05, 0) is 19.4 Å². The first-order valence-electron chi connectivity index (χ1n) is 5.72. The topological polar surface area (TPSA) is 28.7 Å². The number of aromatic amines is 1. The van der Waals surface area contributed by atoms with E-state index in [0.29, 0.717) is 0 Å². The molecule has 4 heteroatoms. The zero-order valence-electron chi connectivity index (χ0n) is 10.2. The zero-order chi connectivity index (χ0) is 12.7. The lowest BCUT2D eigenvalue weighted by atomic mass is 10.2. The van der Waals surface area contributed by atoms with Crippen molar-refractivity contribution in [3.63, 3.8) is 0 Å². The lowest BCUT2D eigenvalue weighted by molar-refractivity contribution is 1.22. The van der Waals surface area contributed by atoms with Crippen LogP contribution in [0.3, 0.4) is 0 Å². The summed E-state index contributed by atoms with van der Waals surface area (Å²) in [4.78, 5) is 10.2. The Morgan fingerprint density at radius 2 is 1.89 bits per heavy atom. The molecule has 2 aromatic heterocycles. The minimum atomic E-state index is 0.778. The molecule has 0 atom stereocenters. The maximum Gasteiger partial charge on any atom is 0.140 e. The minimum Gasteiger partial charge on any atom is -0.330 e. The number of nitrogens with zero attached hydrogens (tertiary/aromatic N) is 1. The van der Waals surface area contributed by atoms with Crippen LogP contribution in [0.1, 0.15) is 10.4 Å². The molecule has 0 fully saturated rings. The normalized spacial score (nSPS) is 11.0. The summed E-state index contributed by atoms with van der Waals surface area (Å²) in [6.07, 6.45) is 0. The number of rotatable bonds is 1. The van der Waals surface area contributed by atoms with Crippen molar-refractivity contribution in [2.24, 2.45) is 0 Å². The second-order valence-electron chi connectivity index (χ2n) is 4.24. The van der Waals surface area contributed by atoms with E-state index in [1.807, 2.05) is 30.3 Å². The molecule has 18 heavy (non-hydrogen) atoms. The molecule has 0 saturated carbocycles. The van der Waals surface area contributed by atoms with Crippen molar-refractivity contribution in [3.8, 4) is 11.4 Å². The third kappa shape index (κ3) is 1.78. The summed E-state index contributed by atoms with van der Waals surface area (Å²) in [5.74, 6) is 0.842. The van der Waals surface area contributed by atoms with Gasteiger partial charge in [0.2, 0.25) is 0 Å². The zero-order valence-corrected chi connectivity index (χ0v) is 11.8. The van der Waals surface area contributed by atoms with Crippen LogP contribution in [-0.4, -0.2) is 9.97 Å². The van der Waals surface area contributed by atoms with Gasteiger partial charge >= 0.3 is 0 Å². The van der Waals surface area contributed by atoms with Gasteiger partial charge in [0.05, 0.1) is 0 Å². The molecule has 0 spiro atoms. The van der Waals surface area contributed by atoms with E-state index in [1.165, 1.54) is 10.4 Å². The maximum atomic E-state index is 5.45. The molecule has 2 heterocycles. The van der Waals surface area contributed by atoms with E-state index in [-0.39, 0.29) is 0 Å². The van der Waals surface area contributed by atoms with Gasteiger partial charge < -0.3 is 4.98 Å². The highest BCUT2D eigenvalue weighted by Crippen LogP contribution is 2.30. The number of hydrogen-bond donors (Lipinski definition) is 1. The Balaban J connectivity index is 2.32. The average Bonchev–Trinajstić information content (AvgIpc) is 2.66. The average molecular weight is 272 g/mol. The van der Waals surface area contributed by atoms with Gasteiger partial charge in [0.25, 0.3) is 0 Å². The van der Waals surface area contributed by atoms with E-state index in [1.54, 1.807) is 11.3 Å². The fourth-order valence-electron chi connectivity index (χ4n) is 1.99. The molecule has 3 aromatic rings. The quantitative estimate of drug-likeness (QED) is 0.654. The van der Waals surface area contributed by atoms with E-state index < -0.39 is 0 Å². The molecule has 1 N–H and O–H groups in total. The fraction of sp³-hybridized carbons (Fsp3) is 0.143. The van der Waals surface area contributed by atoms with Crippen molar-refractivity contribution in [2.45, 2.75) is 13.8 Å². The Morgan fingerprint density at radius 3 is 2.61 bits per heavy atom. The predicted molar refractivity (Wildman–Crippen MR) is 79.7 cm³/mol. The van der Waals surface area contributed by atoms with Gasteiger partial charge in [-0.15, -0.1) is 11.3 Å². The van der Waals surface area contributed by atoms with Crippen molar-refractivity contribution >= 4 is 33.8 Å². The number of thiophene rings is 1. The summed E-state index contributed by atoms with van der Waals surface area (Å²) < 4.78 is 0.778. The Morgan fingerprint density at radius 1 is 1.17 bits per heavy atom. The molecule has 0 amide bonds. The van der Waals surface area contributed by atoms with Gasteiger partial charge in [-0.3, -0.25) is 0 Å². The van der Waals surface area contributed by atoms with Crippen LogP contribution in [0.15, 0.2) is 30.3 Å².